The van der Waals surface area contributed by atoms with Crippen molar-refractivity contribution in [3.05, 3.63) is 23.5 Å². The highest BCUT2D eigenvalue weighted by Crippen LogP contribution is 2.22. The van der Waals surface area contributed by atoms with Crippen molar-refractivity contribution in [3.63, 3.8) is 0 Å². The highest BCUT2D eigenvalue weighted by Gasteiger charge is 2.03. The molecular weight excluding hydrogens is 236 g/mol. The van der Waals surface area contributed by atoms with Gasteiger partial charge in [-0.25, -0.2) is 0 Å². The van der Waals surface area contributed by atoms with Gasteiger partial charge in [0.2, 0.25) is 0 Å². The van der Waals surface area contributed by atoms with Crippen molar-refractivity contribution in [2.45, 2.75) is 19.6 Å². The van der Waals surface area contributed by atoms with E-state index < -0.39 is 0 Å². The maximum Gasteiger partial charge on any atom is 0.0661 e. The van der Waals surface area contributed by atoms with Gasteiger partial charge in [0.25, 0.3) is 0 Å². The minimum Gasteiger partial charge on any atom is -0.397 e. The van der Waals surface area contributed by atoms with Crippen LogP contribution in [0.4, 0.5) is 5.69 Å². The van der Waals surface area contributed by atoms with Gasteiger partial charge >= 0.3 is 0 Å². The Bertz CT molecular complexity index is 394. The van der Waals surface area contributed by atoms with Crippen LogP contribution in [0.5, 0.6) is 0 Å². The molecule has 0 unspecified atom stereocenters. The van der Waals surface area contributed by atoms with E-state index in [0.717, 1.165) is 33.4 Å². The number of anilines is 1. The Morgan fingerprint density at radius 2 is 2.19 bits per heavy atom. The van der Waals surface area contributed by atoms with Crippen LogP contribution >= 0.6 is 23.5 Å². The number of nitrogens with zero attached hydrogens (tertiary/aromatic N) is 1. The van der Waals surface area contributed by atoms with E-state index in [1.165, 1.54) is 0 Å². The van der Waals surface area contributed by atoms with Gasteiger partial charge in [-0.2, -0.15) is 11.8 Å². The van der Waals surface area contributed by atoms with Gasteiger partial charge < -0.3 is 5.73 Å². The number of nitrogen functional groups attached to an aromatic ring is 1. The SMILES string of the molecule is CC#Cc1cncc(CSCSCC)c1N. The van der Waals surface area contributed by atoms with Gasteiger partial charge in [-0.3, -0.25) is 4.98 Å². The van der Waals surface area contributed by atoms with Gasteiger partial charge in [0, 0.05) is 28.8 Å². The van der Waals surface area contributed by atoms with Crippen LogP contribution in [0, 0.1) is 11.8 Å². The molecule has 4 heteroatoms. The van der Waals surface area contributed by atoms with Crippen LogP contribution in [-0.4, -0.2) is 15.8 Å². The monoisotopic (exact) mass is 252 g/mol. The van der Waals surface area contributed by atoms with Crippen molar-refractivity contribution >= 4 is 29.2 Å². The number of pyridine rings is 1. The minimum absolute atomic E-state index is 0.776. The average Bonchev–Trinajstić information content (AvgIpc) is 2.29. The van der Waals surface area contributed by atoms with Gasteiger partial charge in [0.05, 0.1) is 11.3 Å². The maximum absolute atomic E-state index is 6.02. The molecule has 0 aliphatic heterocycles. The minimum atomic E-state index is 0.776. The summed E-state index contributed by atoms with van der Waals surface area (Å²) in [6.07, 6.45) is 3.56. The van der Waals surface area contributed by atoms with Crippen molar-refractivity contribution in [3.8, 4) is 11.8 Å². The molecule has 0 aliphatic rings. The molecule has 0 aliphatic carbocycles. The summed E-state index contributed by atoms with van der Waals surface area (Å²) < 4.78 is 0. The molecule has 0 atom stereocenters. The normalized spacial score (nSPS) is 9.62. The molecule has 0 saturated heterocycles. The van der Waals surface area contributed by atoms with Gasteiger partial charge in [-0.1, -0.05) is 12.8 Å². The molecule has 0 amide bonds. The highest BCUT2D eigenvalue weighted by molar-refractivity contribution is 8.15. The summed E-state index contributed by atoms with van der Waals surface area (Å²) in [6, 6.07) is 0. The van der Waals surface area contributed by atoms with E-state index in [9.17, 15) is 0 Å². The lowest BCUT2D eigenvalue weighted by atomic mass is 10.2. The van der Waals surface area contributed by atoms with E-state index in [2.05, 4.69) is 23.7 Å². The molecule has 1 aromatic heterocycles. The lowest BCUT2D eigenvalue weighted by molar-refractivity contribution is 1.24. The summed E-state index contributed by atoms with van der Waals surface area (Å²) in [4.78, 5) is 4.16. The lowest BCUT2D eigenvalue weighted by Gasteiger charge is -2.06. The van der Waals surface area contributed by atoms with Crippen LogP contribution in [-0.2, 0) is 5.75 Å². The van der Waals surface area contributed by atoms with Crippen molar-refractivity contribution in [1.82, 2.24) is 4.98 Å². The summed E-state index contributed by atoms with van der Waals surface area (Å²) in [5.41, 5.74) is 8.72. The quantitative estimate of drug-likeness (QED) is 0.497. The van der Waals surface area contributed by atoms with E-state index in [4.69, 9.17) is 5.73 Å². The van der Waals surface area contributed by atoms with E-state index in [0.29, 0.717) is 0 Å². The number of rotatable bonds is 5. The fourth-order valence-electron chi connectivity index (χ4n) is 1.16. The van der Waals surface area contributed by atoms with Crippen molar-refractivity contribution in [2.75, 3.05) is 16.6 Å². The topological polar surface area (TPSA) is 38.9 Å². The molecule has 1 heterocycles. The molecule has 0 aromatic carbocycles. The summed E-state index contributed by atoms with van der Waals surface area (Å²) in [7, 11) is 0. The van der Waals surface area contributed by atoms with E-state index in [-0.39, 0.29) is 0 Å². The zero-order valence-electron chi connectivity index (χ0n) is 9.62. The van der Waals surface area contributed by atoms with Crippen LogP contribution in [0.3, 0.4) is 0 Å². The third-order valence-corrected chi connectivity index (χ3v) is 4.21. The number of thioether (sulfide) groups is 2. The molecule has 2 N–H and O–H groups in total. The highest BCUT2D eigenvalue weighted by atomic mass is 32.2. The molecule has 0 fully saturated rings. The lowest BCUT2D eigenvalue weighted by Crippen LogP contribution is -1.98. The van der Waals surface area contributed by atoms with Crippen molar-refractivity contribution in [1.29, 1.82) is 0 Å². The Morgan fingerprint density at radius 1 is 1.38 bits per heavy atom. The third kappa shape index (κ3) is 3.99. The summed E-state index contributed by atoms with van der Waals surface area (Å²) in [6.45, 7) is 3.97. The molecule has 0 spiro atoms. The number of hydrogen-bond donors (Lipinski definition) is 1. The molecule has 1 aromatic rings. The van der Waals surface area contributed by atoms with E-state index >= 15 is 0 Å². The van der Waals surface area contributed by atoms with Crippen molar-refractivity contribution < 1.29 is 0 Å². The predicted molar refractivity (Wildman–Crippen MR) is 75.5 cm³/mol. The number of aromatic nitrogens is 1. The second-order valence-electron chi connectivity index (χ2n) is 3.09. The molecule has 16 heavy (non-hydrogen) atoms. The van der Waals surface area contributed by atoms with Crippen LogP contribution in [0.2, 0.25) is 0 Å². The summed E-state index contributed by atoms with van der Waals surface area (Å²) in [5, 5.41) is 1.10. The Kier molecular flexibility index (Phi) is 6.20. The Balaban J connectivity index is 2.65. The van der Waals surface area contributed by atoms with Crippen LogP contribution in [0.1, 0.15) is 25.0 Å². The zero-order chi connectivity index (χ0) is 11.8. The zero-order valence-corrected chi connectivity index (χ0v) is 11.3. The Morgan fingerprint density at radius 3 is 2.88 bits per heavy atom. The average molecular weight is 252 g/mol. The van der Waals surface area contributed by atoms with E-state index in [1.54, 1.807) is 13.1 Å². The van der Waals surface area contributed by atoms with Crippen LogP contribution in [0.25, 0.3) is 0 Å². The summed E-state index contributed by atoms with van der Waals surface area (Å²) in [5.74, 6) is 7.88. The first-order valence-corrected chi connectivity index (χ1v) is 7.41. The van der Waals surface area contributed by atoms with Gasteiger partial charge in [0.15, 0.2) is 0 Å². The Labute approximate surface area is 106 Å². The fourth-order valence-corrected chi connectivity index (χ4v) is 3.08. The first-order valence-electron chi connectivity index (χ1n) is 5.10. The molecule has 1 rings (SSSR count). The van der Waals surface area contributed by atoms with Gasteiger partial charge in [-0.05, 0) is 12.7 Å². The first kappa shape index (κ1) is 13.3. The molecule has 2 nitrogen and oxygen atoms in total. The van der Waals surface area contributed by atoms with Gasteiger partial charge in [0.1, 0.15) is 0 Å². The first-order chi connectivity index (χ1) is 7.79. The van der Waals surface area contributed by atoms with Crippen molar-refractivity contribution in [2.24, 2.45) is 0 Å². The van der Waals surface area contributed by atoms with E-state index in [1.807, 2.05) is 29.7 Å². The molecule has 0 saturated carbocycles. The fraction of sp³-hybridized carbons (Fsp3) is 0.417. The molecule has 0 bridgehead atoms. The predicted octanol–water partition coefficient (Wildman–Crippen LogP) is 2.98. The maximum atomic E-state index is 6.02. The summed E-state index contributed by atoms with van der Waals surface area (Å²) >= 11 is 3.79. The Hall–Kier alpha value is -0.790. The molecule has 86 valence electrons. The second-order valence-corrected chi connectivity index (χ2v) is 5.72. The third-order valence-electron chi connectivity index (χ3n) is 1.96. The number of nitrogens with two attached hydrogens (primary N) is 1. The van der Waals surface area contributed by atoms with Gasteiger partial charge in [-0.15, -0.1) is 17.7 Å². The second kappa shape index (κ2) is 7.48. The molecule has 0 radical (unpaired) electrons. The number of hydrogen-bond acceptors (Lipinski definition) is 4. The smallest absolute Gasteiger partial charge is 0.0661 e. The standard InChI is InChI=1S/C12H16N2S2/c1-3-5-10-6-14-7-11(12(10)13)8-16-9-15-4-2/h6-7H,4,8-9H2,1-2H3,(H2,13,14). The van der Waals surface area contributed by atoms with Crippen LogP contribution < -0.4 is 5.73 Å². The van der Waals surface area contributed by atoms with Crippen LogP contribution in [0.15, 0.2) is 12.4 Å². The molecular formula is C12H16N2S2. The largest absolute Gasteiger partial charge is 0.397 e.